The summed E-state index contributed by atoms with van der Waals surface area (Å²) in [5.74, 6) is -0.366. The minimum Gasteiger partial charge on any atom is -0.347 e. The molecule has 1 heterocycles. The second kappa shape index (κ2) is 4.04. The lowest BCUT2D eigenvalue weighted by atomic mass is 10.1. The van der Waals surface area contributed by atoms with Crippen LogP contribution in [0.15, 0.2) is 0 Å². The Morgan fingerprint density at radius 2 is 2.08 bits per heavy atom. The van der Waals surface area contributed by atoms with Gasteiger partial charge in [0.05, 0.1) is 18.6 Å². The summed E-state index contributed by atoms with van der Waals surface area (Å²) < 4.78 is 10.6. The van der Waals surface area contributed by atoms with Crippen molar-refractivity contribution in [3.63, 3.8) is 0 Å². The van der Waals surface area contributed by atoms with Crippen LogP contribution in [-0.4, -0.2) is 41.7 Å². The Morgan fingerprint density at radius 3 is 2.46 bits per heavy atom. The number of hydrogen-bond acceptors (Lipinski definition) is 4. The first kappa shape index (κ1) is 10.4. The maximum atomic E-state index is 11.1. The summed E-state index contributed by atoms with van der Waals surface area (Å²) in [6.07, 6.45) is -0.466. The topological polar surface area (TPSA) is 59.0 Å². The van der Waals surface area contributed by atoms with Crippen molar-refractivity contribution in [1.29, 1.82) is 0 Å². The first-order valence-electron chi connectivity index (χ1n) is 4.27. The maximum absolute atomic E-state index is 11.1. The average molecular weight is 189 g/mol. The molecule has 0 aromatic heterocycles. The molecule has 1 aliphatic heterocycles. The molecule has 1 saturated heterocycles. The summed E-state index contributed by atoms with van der Waals surface area (Å²) >= 11 is 0. The summed E-state index contributed by atoms with van der Waals surface area (Å²) in [5, 5.41) is 9.39. The smallest absolute Gasteiger partial charge is 0.248 e. The van der Waals surface area contributed by atoms with Gasteiger partial charge in [0, 0.05) is 7.05 Å². The number of hydroxylamine groups is 2. The van der Waals surface area contributed by atoms with Crippen LogP contribution < -0.4 is 0 Å². The van der Waals surface area contributed by atoms with Gasteiger partial charge in [0.2, 0.25) is 5.91 Å². The average Bonchev–Trinajstić information content (AvgIpc) is 2.30. The summed E-state index contributed by atoms with van der Waals surface area (Å²) in [6.45, 7) is 3.63. The molecule has 0 bridgehead atoms. The van der Waals surface area contributed by atoms with Crippen molar-refractivity contribution in [3.05, 3.63) is 0 Å². The standard InChI is InChI=1S/C8H15NO4/c1-5-7(13-6(2)12-5)4-8(10)9(3)11/h5-7,11H,4H2,1-3H3. The lowest BCUT2D eigenvalue weighted by molar-refractivity contribution is -0.162. The molecule has 1 N–H and O–H groups in total. The van der Waals surface area contributed by atoms with Crippen LogP contribution in [0.25, 0.3) is 0 Å². The first-order chi connectivity index (χ1) is 6.00. The highest BCUT2D eigenvalue weighted by molar-refractivity contribution is 5.75. The van der Waals surface area contributed by atoms with E-state index in [2.05, 4.69) is 0 Å². The van der Waals surface area contributed by atoms with E-state index in [1.165, 1.54) is 7.05 Å². The second-order valence-electron chi connectivity index (χ2n) is 3.20. The van der Waals surface area contributed by atoms with Gasteiger partial charge in [-0.1, -0.05) is 0 Å². The molecule has 1 amide bonds. The Bertz CT molecular complexity index is 195. The van der Waals surface area contributed by atoms with Gasteiger partial charge in [-0.05, 0) is 13.8 Å². The Morgan fingerprint density at radius 1 is 1.46 bits per heavy atom. The van der Waals surface area contributed by atoms with Gasteiger partial charge in [-0.2, -0.15) is 0 Å². The molecule has 1 rings (SSSR count). The van der Waals surface area contributed by atoms with Crippen molar-refractivity contribution in [2.45, 2.75) is 38.8 Å². The largest absolute Gasteiger partial charge is 0.347 e. The maximum Gasteiger partial charge on any atom is 0.248 e. The van der Waals surface area contributed by atoms with Crippen LogP contribution in [-0.2, 0) is 14.3 Å². The zero-order valence-corrected chi connectivity index (χ0v) is 8.06. The first-order valence-corrected chi connectivity index (χ1v) is 4.27. The lowest BCUT2D eigenvalue weighted by Crippen LogP contribution is -2.30. The van der Waals surface area contributed by atoms with Gasteiger partial charge in [-0.15, -0.1) is 0 Å². The van der Waals surface area contributed by atoms with Gasteiger partial charge in [-0.3, -0.25) is 10.0 Å². The van der Waals surface area contributed by atoms with Crippen LogP contribution in [0.5, 0.6) is 0 Å². The van der Waals surface area contributed by atoms with E-state index in [9.17, 15) is 4.79 Å². The number of nitrogens with zero attached hydrogens (tertiary/aromatic N) is 1. The van der Waals surface area contributed by atoms with E-state index < -0.39 is 0 Å². The van der Waals surface area contributed by atoms with E-state index in [1.54, 1.807) is 6.92 Å². The van der Waals surface area contributed by atoms with Crippen LogP contribution in [0.1, 0.15) is 20.3 Å². The van der Waals surface area contributed by atoms with E-state index in [-0.39, 0.29) is 30.8 Å². The Kier molecular flexibility index (Phi) is 3.24. The highest BCUT2D eigenvalue weighted by Gasteiger charge is 2.32. The Balaban J connectivity index is 2.41. The Labute approximate surface area is 77.2 Å². The normalized spacial score (nSPS) is 33.4. The predicted octanol–water partition coefficient (Wildman–Crippen LogP) is 0.374. The number of carbonyl (C=O) groups is 1. The van der Waals surface area contributed by atoms with E-state index in [1.807, 2.05) is 6.92 Å². The minimum atomic E-state index is -0.366. The molecule has 3 atom stereocenters. The van der Waals surface area contributed by atoms with Crippen LogP contribution >= 0.6 is 0 Å². The third-order valence-electron chi connectivity index (χ3n) is 2.03. The molecule has 13 heavy (non-hydrogen) atoms. The molecule has 0 aliphatic carbocycles. The summed E-state index contributed by atoms with van der Waals surface area (Å²) in [5.41, 5.74) is 0. The molecule has 0 aromatic rings. The summed E-state index contributed by atoms with van der Waals surface area (Å²) in [4.78, 5) is 11.1. The van der Waals surface area contributed by atoms with E-state index >= 15 is 0 Å². The third kappa shape index (κ3) is 2.65. The fraction of sp³-hybridized carbons (Fsp3) is 0.875. The molecule has 76 valence electrons. The number of ether oxygens (including phenoxy) is 2. The fourth-order valence-corrected chi connectivity index (χ4v) is 1.30. The molecule has 3 unspecified atom stereocenters. The van der Waals surface area contributed by atoms with E-state index in [4.69, 9.17) is 14.7 Å². The summed E-state index contributed by atoms with van der Waals surface area (Å²) in [6, 6.07) is 0. The van der Waals surface area contributed by atoms with Gasteiger partial charge >= 0.3 is 0 Å². The van der Waals surface area contributed by atoms with Crippen molar-refractivity contribution in [2.75, 3.05) is 7.05 Å². The van der Waals surface area contributed by atoms with E-state index in [0.717, 1.165) is 0 Å². The van der Waals surface area contributed by atoms with Gasteiger partial charge in [0.25, 0.3) is 0 Å². The monoisotopic (exact) mass is 189 g/mol. The quantitative estimate of drug-likeness (QED) is 0.503. The molecule has 0 aromatic carbocycles. The van der Waals surface area contributed by atoms with Crippen molar-refractivity contribution in [2.24, 2.45) is 0 Å². The number of carbonyl (C=O) groups excluding carboxylic acids is 1. The highest BCUT2D eigenvalue weighted by Crippen LogP contribution is 2.21. The van der Waals surface area contributed by atoms with Gasteiger partial charge in [-0.25, -0.2) is 5.06 Å². The van der Waals surface area contributed by atoms with Crippen LogP contribution in [0.2, 0.25) is 0 Å². The lowest BCUT2D eigenvalue weighted by Gasteiger charge is -2.14. The van der Waals surface area contributed by atoms with Crippen LogP contribution in [0, 0.1) is 0 Å². The van der Waals surface area contributed by atoms with Crippen molar-refractivity contribution >= 4 is 5.91 Å². The number of amides is 1. The molecular formula is C8H15NO4. The predicted molar refractivity (Wildman–Crippen MR) is 44.1 cm³/mol. The second-order valence-corrected chi connectivity index (χ2v) is 3.20. The molecule has 0 radical (unpaired) electrons. The Hall–Kier alpha value is -0.650. The van der Waals surface area contributed by atoms with Gasteiger partial charge < -0.3 is 9.47 Å². The molecule has 5 nitrogen and oxygen atoms in total. The number of hydrogen-bond donors (Lipinski definition) is 1. The SMILES string of the molecule is CC1OC(C)C(CC(=O)N(C)O)O1. The molecule has 1 fully saturated rings. The molecular weight excluding hydrogens is 174 g/mol. The van der Waals surface area contributed by atoms with E-state index in [0.29, 0.717) is 5.06 Å². The highest BCUT2D eigenvalue weighted by atomic mass is 16.7. The number of rotatable bonds is 2. The van der Waals surface area contributed by atoms with Crippen LogP contribution in [0.4, 0.5) is 0 Å². The fourth-order valence-electron chi connectivity index (χ4n) is 1.30. The van der Waals surface area contributed by atoms with Crippen molar-refractivity contribution in [3.8, 4) is 0 Å². The van der Waals surface area contributed by atoms with Gasteiger partial charge in [0.15, 0.2) is 6.29 Å². The van der Waals surface area contributed by atoms with Crippen LogP contribution in [0.3, 0.4) is 0 Å². The zero-order chi connectivity index (χ0) is 10.0. The van der Waals surface area contributed by atoms with Crippen molar-refractivity contribution in [1.82, 2.24) is 5.06 Å². The summed E-state index contributed by atoms with van der Waals surface area (Å²) in [7, 11) is 1.30. The van der Waals surface area contributed by atoms with Crippen molar-refractivity contribution < 1.29 is 19.5 Å². The molecule has 1 aliphatic rings. The minimum absolute atomic E-state index is 0.0982. The molecule has 0 spiro atoms. The van der Waals surface area contributed by atoms with Gasteiger partial charge in [0.1, 0.15) is 0 Å². The third-order valence-corrected chi connectivity index (χ3v) is 2.03. The molecule has 5 heteroatoms. The zero-order valence-electron chi connectivity index (χ0n) is 8.06. The molecule has 0 saturated carbocycles.